The SMILES string of the molecule is O=C(O)c1ccnnc1NCC(F)F. The maximum absolute atomic E-state index is 11.8. The van der Waals surface area contributed by atoms with Crippen LogP contribution in [0, 0.1) is 0 Å². The van der Waals surface area contributed by atoms with Gasteiger partial charge in [0.15, 0.2) is 5.82 Å². The molecule has 14 heavy (non-hydrogen) atoms. The molecular weight excluding hydrogens is 196 g/mol. The number of hydrogen-bond donors (Lipinski definition) is 2. The predicted octanol–water partition coefficient (Wildman–Crippen LogP) is 0.852. The van der Waals surface area contributed by atoms with Crippen molar-refractivity contribution in [3.63, 3.8) is 0 Å². The predicted molar refractivity (Wildman–Crippen MR) is 43.5 cm³/mol. The Morgan fingerprint density at radius 3 is 2.93 bits per heavy atom. The number of anilines is 1. The highest BCUT2D eigenvalue weighted by molar-refractivity contribution is 5.92. The zero-order valence-electron chi connectivity index (χ0n) is 6.94. The van der Waals surface area contributed by atoms with Gasteiger partial charge in [-0.05, 0) is 6.07 Å². The molecule has 1 aromatic heterocycles. The minimum atomic E-state index is -2.57. The standard InChI is InChI=1S/C7H7F2N3O2/c8-5(9)3-10-6-4(7(13)14)1-2-11-12-6/h1-2,5H,3H2,(H,10,12)(H,13,14). The topological polar surface area (TPSA) is 75.1 Å². The van der Waals surface area contributed by atoms with E-state index < -0.39 is 18.9 Å². The van der Waals surface area contributed by atoms with E-state index in [0.29, 0.717) is 0 Å². The molecule has 1 aromatic rings. The van der Waals surface area contributed by atoms with Crippen molar-refractivity contribution in [3.05, 3.63) is 17.8 Å². The molecule has 0 aliphatic heterocycles. The van der Waals surface area contributed by atoms with Crippen molar-refractivity contribution >= 4 is 11.8 Å². The van der Waals surface area contributed by atoms with E-state index in [9.17, 15) is 13.6 Å². The van der Waals surface area contributed by atoms with Crippen LogP contribution in [0.3, 0.4) is 0 Å². The van der Waals surface area contributed by atoms with E-state index in [1.807, 2.05) is 0 Å². The Morgan fingerprint density at radius 1 is 1.64 bits per heavy atom. The van der Waals surface area contributed by atoms with Gasteiger partial charge in [-0.25, -0.2) is 13.6 Å². The number of halogens is 2. The molecule has 0 unspecified atom stereocenters. The number of carbonyl (C=O) groups is 1. The first-order valence-electron chi connectivity index (χ1n) is 3.68. The van der Waals surface area contributed by atoms with Crippen molar-refractivity contribution in [3.8, 4) is 0 Å². The molecule has 5 nitrogen and oxygen atoms in total. The summed E-state index contributed by atoms with van der Waals surface area (Å²) in [5, 5.41) is 17.6. The molecule has 0 saturated heterocycles. The fraction of sp³-hybridized carbons (Fsp3) is 0.286. The summed E-state index contributed by atoms with van der Waals surface area (Å²) in [5.41, 5.74) is -0.180. The molecule has 76 valence electrons. The van der Waals surface area contributed by atoms with Crippen LogP contribution in [0.25, 0.3) is 0 Å². The summed E-state index contributed by atoms with van der Waals surface area (Å²) in [5.74, 6) is -1.39. The Balaban J connectivity index is 2.79. The molecule has 1 rings (SSSR count). The summed E-state index contributed by atoms with van der Waals surface area (Å²) in [6.45, 7) is -0.654. The number of hydrogen-bond acceptors (Lipinski definition) is 4. The van der Waals surface area contributed by atoms with Gasteiger partial charge in [-0.1, -0.05) is 0 Å². The zero-order valence-corrected chi connectivity index (χ0v) is 6.94. The largest absolute Gasteiger partial charge is 0.478 e. The minimum Gasteiger partial charge on any atom is -0.478 e. The highest BCUT2D eigenvalue weighted by Gasteiger charge is 2.12. The van der Waals surface area contributed by atoms with E-state index in [0.717, 1.165) is 0 Å². The lowest BCUT2D eigenvalue weighted by Crippen LogP contribution is -2.15. The number of nitrogens with one attached hydrogen (secondary N) is 1. The van der Waals surface area contributed by atoms with Crippen molar-refractivity contribution in [2.45, 2.75) is 6.43 Å². The molecule has 0 spiro atoms. The van der Waals surface area contributed by atoms with Gasteiger partial charge in [-0.3, -0.25) is 0 Å². The molecule has 0 aromatic carbocycles. The number of aromatic carboxylic acids is 1. The second-order valence-electron chi connectivity index (χ2n) is 2.37. The van der Waals surface area contributed by atoms with Gasteiger partial charge in [-0.15, -0.1) is 5.10 Å². The van der Waals surface area contributed by atoms with Gasteiger partial charge >= 0.3 is 5.97 Å². The Labute approximate surface area is 77.8 Å². The number of alkyl halides is 2. The van der Waals surface area contributed by atoms with Crippen LogP contribution >= 0.6 is 0 Å². The van der Waals surface area contributed by atoms with Gasteiger partial charge in [0.25, 0.3) is 6.43 Å². The molecule has 0 fully saturated rings. The average molecular weight is 203 g/mol. The van der Waals surface area contributed by atoms with Crippen molar-refractivity contribution < 1.29 is 18.7 Å². The quantitative estimate of drug-likeness (QED) is 0.758. The second-order valence-corrected chi connectivity index (χ2v) is 2.37. The van der Waals surface area contributed by atoms with E-state index in [1.165, 1.54) is 12.3 Å². The van der Waals surface area contributed by atoms with Crippen molar-refractivity contribution in [2.24, 2.45) is 0 Å². The van der Waals surface area contributed by atoms with E-state index in [2.05, 4.69) is 15.5 Å². The third kappa shape index (κ3) is 2.61. The summed E-state index contributed by atoms with van der Waals surface area (Å²) in [7, 11) is 0. The molecule has 0 radical (unpaired) electrons. The third-order valence-corrected chi connectivity index (χ3v) is 1.37. The van der Waals surface area contributed by atoms with Crippen LogP contribution in [0.15, 0.2) is 12.3 Å². The maximum atomic E-state index is 11.8. The summed E-state index contributed by atoms with van der Waals surface area (Å²) in [6, 6.07) is 1.18. The Bertz CT molecular complexity index is 332. The van der Waals surface area contributed by atoms with Crippen LogP contribution in [0.1, 0.15) is 10.4 Å². The first-order valence-corrected chi connectivity index (χ1v) is 3.68. The lowest BCUT2D eigenvalue weighted by molar-refractivity contribution is 0.0697. The van der Waals surface area contributed by atoms with Gasteiger partial charge in [0.2, 0.25) is 0 Å². The lowest BCUT2D eigenvalue weighted by atomic mass is 10.3. The van der Waals surface area contributed by atoms with Crippen molar-refractivity contribution in [1.82, 2.24) is 10.2 Å². The molecule has 0 aliphatic rings. The minimum absolute atomic E-state index is 0.152. The van der Waals surface area contributed by atoms with Crippen LogP contribution in [0.2, 0.25) is 0 Å². The van der Waals surface area contributed by atoms with E-state index in [4.69, 9.17) is 5.11 Å². The molecule has 0 amide bonds. The fourth-order valence-electron chi connectivity index (χ4n) is 0.809. The van der Waals surface area contributed by atoms with Gasteiger partial charge in [0, 0.05) is 0 Å². The summed E-state index contributed by atoms with van der Waals surface area (Å²) >= 11 is 0. The van der Waals surface area contributed by atoms with Crippen molar-refractivity contribution in [1.29, 1.82) is 0 Å². The summed E-state index contributed by atoms with van der Waals surface area (Å²) in [4.78, 5) is 10.6. The highest BCUT2D eigenvalue weighted by atomic mass is 19.3. The third-order valence-electron chi connectivity index (χ3n) is 1.37. The number of carboxylic acid groups (broad SMARTS) is 1. The van der Waals surface area contributed by atoms with E-state index in [-0.39, 0.29) is 11.4 Å². The van der Waals surface area contributed by atoms with Crippen LogP contribution in [0.5, 0.6) is 0 Å². The molecule has 0 bridgehead atoms. The van der Waals surface area contributed by atoms with Crippen LogP contribution < -0.4 is 5.32 Å². The Hall–Kier alpha value is -1.79. The fourth-order valence-corrected chi connectivity index (χ4v) is 0.809. The van der Waals surface area contributed by atoms with E-state index in [1.54, 1.807) is 0 Å². The van der Waals surface area contributed by atoms with Gasteiger partial charge in [-0.2, -0.15) is 5.10 Å². The molecule has 0 aliphatic carbocycles. The first kappa shape index (κ1) is 10.3. The highest BCUT2D eigenvalue weighted by Crippen LogP contribution is 2.10. The number of carboxylic acids is 1. The molecular formula is C7H7F2N3O2. The maximum Gasteiger partial charge on any atom is 0.339 e. The number of nitrogens with zero attached hydrogens (tertiary/aromatic N) is 2. The second kappa shape index (κ2) is 4.45. The molecule has 0 saturated carbocycles. The lowest BCUT2D eigenvalue weighted by Gasteiger charge is -2.05. The van der Waals surface area contributed by atoms with Gasteiger partial charge < -0.3 is 10.4 Å². The summed E-state index contributed by atoms with van der Waals surface area (Å²) < 4.78 is 23.6. The number of rotatable bonds is 4. The molecule has 7 heteroatoms. The molecule has 0 atom stereocenters. The van der Waals surface area contributed by atoms with Gasteiger partial charge in [0.1, 0.15) is 5.56 Å². The van der Waals surface area contributed by atoms with Crippen LogP contribution in [-0.2, 0) is 0 Å². The average Bonchev–Trinajstić information content (AvgIpc) is 2.15. The molecule has 1 heterocycles. The smallest absolute Gasteiger partial charge is 0.339 e. The van der Waals surface area contributed by atoms with Crippen LogP contribution in [-0.4, -0.2) is 34.2 Å². The first-order chi connectivity index (χ1) is 6.61. The number of aromatic nitrogens is 2. The summed E-state index contributed by atoms with van der Waals surface area (Å²) in [6.07, 6.45) is -1.39. The monoisotopic (exact) mass is 203 g/mol. The van der Waals surface area contributed by atoms with Crippen molar-refractivity contribution in [2.75, 3.05) is 11.9 Å². The van der Waals surface area contributed by atoms with Gasteiger partial charge in [0.05, 0.1) is 12.7 Å². The zero-order chi connectivity index (χ0) is 10.6. The normalized spacial score (nSPS) is 10.2. The molecule has 2 N–H and O–H groups in total. The van der Waals surface area contributed by atoms with Crippen LogP contribution in [0.4, 0.5) is 14.6 Å². The van der Waals surface area contributed by atoms with E-state index >= 15 is 0 Å². The Morgan fingerprint density at radius 2 is 2.36 bits per heavy atom. The Kier molecular flexibility index (Phi) is 3.27.